The molecule has 1 rings (SSSR count). The summed E-state index contributed by atoms with van der Waals surface area (Å²) >= 11 is 0. The molecule has 0 saturated carbocycles. The molecular formula is C19H34N2O7. The molecule has 0 spiro atoms. The Balaban J connectivity index is 2.85. The van der Waals surface area contributed by atoms with Crippen molar-refractivity contribution in [1.82, 2.24) is 5.32 Å². The second-order valence-electron chi connectivity index (χ2n) is 7.08. The smallest absolute Gasteiger partial charge is 0.302 e. The average molecular weight is 402 g/mol. The summed E-state index contributed by atoms with van der Waals surface area (Å²) < 4.78 is 22.4. The van der Waals surface area contributed by atoms with Crippen molar-refractivity contribution in [2.24, 2.45) is 11.7 Å². The number of unbranched alkanes of at least 4 members (excludes halogenated alkanes) is 3. The van der Waals surface area contributed by atoms with Crippen LogP contribution in [-0.2, 0) is 33.3 Å². The molecule has 0 radical (unpaired) electrons. The Hall–Kier alpha value is -1.71. The minimum Gasteiger partial charge on any atom is -0.463 e. The van der Waals surface area contributed by atoms with E-state index in [1.165, 1.54) is 20.8 Å². The van der Waals surface area contributed by atoms with Crippen LogP contribution >= 0.6 is 0 Å². The first-order valence-electron chi connectivity index (χ1n) is 9.81. The minimum absolute atomic E-state index is 0.0113. The highest BCUT2D eigenvalue weighted by molar-refractivity contribution is 5.73. The molecule has 1 saturated heterocycles. The molecule has 9 nitrogen and oxygen atoms in total. The van der Waals surface area contributed by atoms with E-state index in [1.807, 2.05) is 6.92 Å². The van der Waals surface area contributed by atoms with Crippen LogP contribution in [0.3, 0.4) is 0 Å². The highest BCUT2D eigenvalue weighted by Crippen LogP contribution is 2.30. The lowest BCUT2D eigenvalue weighted by Crippen LogP contribution is -2.63. The maximum Gasteiger partial charge on any atom is 0.302 e. The van der Waals surface area contributed by atoms with E-state index < -0.39 is 36.5 Å². The topological polar surface area (TPSA) is 126 Å². The van der Waals surface area contributed by atoms with Crippen molar-refractivity contribution in [3.63, 3.8) is 0 Å². The van der Waals surface area contributed by atoms with Crippen LogP contribution in [0.1, 0.15) is 53.4 Å². The summed E-state index contributed by atoms with van der Waals surface area (Å²) in [6.07, 6.45) is 1.75. The Morgan fingerprint density at radius 2 is 1.71 bits per heavy atom. The zero-order chi connectivity index (χ0) is 21.1. The summed E-state index contributed by atoms with van der Waals surface area (Å²) in [6, 6.07) is -0.658. The van der Waals surface area contributed by atoms with Gasteiger partial charge in [0.05, 0.1) is 0 Å². The Morgan fingerprint density at radius 1 is 1.04 bits per heavy atom. The van der Waals surface area contributed by atoms with Gasteiger partial charge in [-0.1, -0.05) is 19.8 Å². The molecule has 0 aromatic rings. The van der Waals surface area contributed by atoms with Crippen molar-refractivity contribution in [3.8, 4) is 0 Å². The molecule has 5 atom stereocenters. The molecule has 1 heterocycles. The third-order valence-corrected chi connectivity index (χ3v) is 4.56. The number of nitrogens with one attached hydrogen (secondary N) is 1. The van der Waals surface area contributed by atoms with Gasteiger partial charge in [-0.05, 0) is 19.4 Å². The number of carbonyl (C=O) groups excluding carboxylic acids is 3. The maximum atomic E-state index is 11.7. The van der Waals surface area contributed by atoms with Crippen molar-refractivity contribution in [2.75, 3.05) is 19.8 Å². The molecule has 162 valence electrons. The van der Waals surface area contributed by atoms with E-state index in [4.69, 9.17) is 24.7 Å². The highest BCUT2D eigenvalue weighted by Gasteiger charge is 2.47. The summed E-state index contributed by atoms with van der Waals surface area (Å²) in [7, 11) is 0. The Bertz CT molecular complexity index is 515. The van der Waals surface area contributed by atoms with Crippen LogP contribution in [-0.4, -0.2) is 62.1 Å². The van der Waals surface area contributed by atoms with Crippen LogP contribution in [0, 0.1) is 5.92 Å². The van der Waals surface area contributed by atoms with Gasteiger partial charge in [-0.3, -0.25) is 14.4 Å². The highest BCUT2D eigenvalue weighted by atomic mass is 16.7. The average Bonchev–Trinajstić information content (AvgIpc) is 2.60. The number of hydrogen-bond donors (Lipinski definition) is 2. The number of rotatable bonds is 11. The molecular weight excluding hydrogens is 368 g/mol. The van der Waals surface area contributed by atoms with Gasteiger partial charge in [-0.15, -0.1) is 0 Å². The number of ether oxygens (including phenoxy) is 4. The van der Waals surface area contributed by atoms with E-state index in [1.54, 1.807) is 0 Å². The van der Waals surface area contributed by atoms with E-state index in [9.17, 15) is 14.4 Å². The molecule has 1 aliphatic rings. The van der Waals surface area contributed by atoms with Crippen LogP contribution < -0.4 is 11.1 Å². The zero-order valence-corrected chi connectivity index (χ0v) is 17.3. The molecule has 0 aromatic heterocycles. The molecule has 1 amide bonds. The normalized spacial score (nSPS) is 27.1. The summed E-state index contributed by atoms with van der Waals surface area (Å²) in [5.41, 5.74) is 5.49. The van der Waals surface area contributed by atoms with Gasteiger partial charge >= 0.3 is 11.9 Å². The summed E-state index contributed by atoms with van der Waals surface area (Å²) in [5.74, 6) is -1.50. The lowest BCUT2D eigenvalue weighted by molar-refractivity contribution is -0.260. The van der Waals surface area contributed by atoms with Crippen LogP contribution in [0.4, 0.5) is 0 Å². The molecule has 1 aliphatic heterocycles. The maximum absolute atomic E-state index is 11.7. The predicted octanol–water partition coefficient (Wildman–Crippen LogP) is 0.883. The SMILES string of the molecule is CC(=O)NC1C(OCCCCCCN)OC(COC(C)=O)C(C)C1OC(C)=O. The monoisotopic (exact) mass is 402 g/mol. The number of esters is 2. The van der Waals surface area contributed by atoms with Gasteiger partial charge in [0.25, 0.3) is 0 Å². The Labute approximate surface area is 166 Å². The molecule has 0 aromatic carbocycles. The molecule has 28 heavy (non-hydrogen) atoms. The third-order valence-electron chi connectivity index (χ3n) is 4.56. The van der Waals surface area contributed by atoms with Gasteiger partial charge in [0.15, 0.2) is 6.29 Å². The van der Waals surface area contributed by atoms with E-state index in [0.29, 0.717) is 13.2 Å². The van der Waals surface area contributed by atoms with Crippen molar-refractivity contribution in [1.29, 1.82) is 0 Å². The first-order valence-corrected chi connectivity index (χ1v) is 9.81. The van der Waals surface area contributed by atoms with E-state index >= 15 is 0 Å². The number of nitrogens with two attached hydrogens (primary N) is 1. The fourth-order valence-electron chi connectivity index (χ4n) is 3.16. The number of amides is 1. The molecule has 0 bridgehead atoms. The van der Waals surface area contributed by atoms with Gasteiger partial charge in [-0.25, -0.2) is 0 Å². The van der Waals surface area contributed by atoms with Gasteiger partial charge in [0.2, 0.25) is 5.91 Å². The second kappa shape index (κ2) is 12.7. The fourth-order valence-corrected chi connectivity index (χ4v) is 3.16. The Kier molecular flexibility index (Phi) is 11.0. The molecule has 5 unspecified atom stereocenters. The van der Waals surface area contributed by atoms with Gasteiger partial charge < -0.3 is 30.0 Å². The summed E-state index contributed by atoms with van der Waals surface area (Å²) in [4.78, 5) is 34.5. The predicted molar refractivity (Wildman–Crippen MR) is 101 cm³/mol. The quantitative estimate of drug-likeness (QED) is 0.385. The lowest BCUT2D eigenvalue weighted by atomic mass is 9.89. The minimum atomic E-state index is -0.820. The van der Waals surface area contributed by atoms with Crippen molar-refractivity contribution >= 4 is 17.8 Å². The second-order valence-corrected chi connectivity index (χ2v) is 7.08. The fraction of sp³-hybridized carbons (Fsp3) is 0.842. The molecule has 9 heteroatoms. The Morgan fingerprint density at radius 3 is 2.29 bits per heavy atom. The van der Waals surface area contributed by atoms with Crippen LogP contribution in [0.25, 0.3) is 0 Å². The van der Waals surface area contributed by atoms with E-state index in [0.717, 1.165) is 25.7 Å². The number of hydrogen-bond acceptors (Lipinski definition) is 8. The number of carbonyl (C=O) groups is 3. The van der Waals surface area contributed by atoms with Gasteiger partial charge in [0.1, 0.15) is 24.9 Å². The zero-order valence-electron chi connectivity index (χ0n) is 17.3. The molecule has 3 N–H and O–H groups in total. The molecule has 1 fully saturated rings. The first-order chi connectivity index (χ1) is 13.3. The summed E-state index contributed by atoms with van der Waals surface area (Å²) in [6.45, 7) is 6.92. The largest absolute Gasteiger partial charge is 0.463 e. The van der Waals surface area contributed by atoms with E-state index in [-0.39, 0.29) is 18.4 Å². The standard InChI is InChI=1S/C19H34N2O7/c1-12-16(11-26-14(3)23)28-19(25-10-8-6-5-7-9-20)17(21-13(2)22)18(12)27-15(4)24/h12,16-19H,5-11,20H2,1-4H3,(H,21,22). The van der Waals surface area contributed by atoms with E-state index in [2.05, 4.69) is 5.32 Å². The van der Waals surface area contributed by atoms with Gasteiger partial charge in [-0.2, -0.15) is 0 Å². The third kappa shape index (κ3) is 8.53. The van der Waals surface area contributed by atoms with Gasteiger partial charge in [0, 0.05) is 33.3 Å². The van der Waals surface area contributed by atoms with Crippen molar-refractivity contribution in [3.05, 3.63) is 0 Å². The molecule has 0 aliphatic carbocycles. The summed E-state index contributed by atoms with van der Waals surface area (Å²) in [5, 5.41) is 2.77. The van der Waals surface area contributed by atoms with Crippen molar-refractivity contribution < 1.29 is 33.3 Å². The van der Waals surface area contributed by atoms with Crippen LogP contribution in [0.5, 0.6) is 0 Å². The lowest BCUT2D eigenvalue weighted by Gasteiger charge is -2.44. The first kappa shape index (κ1) is 24.3. The van der Waals surface area contributed by atoms with Crippen molar-refractivity contribution in [2.45, 2.75) is 77.9 Å². The van der Waals surface area contributed by atoms with Crippen LogP contribution in [0.2, 0.25) is 0 Å². The van der Waals surface area contributed by atoms with Crippen LogP contribution in [0.15, 0.2) is 0 Å².